The predicted octanol–water partition coefficient (Wildman–Crippen LogP) is 2.51. The van der Waals surface area contributed by atoms with E-state index >= 15 is 0 Å². The third-order valence-corrected chi connectivity index (χ3v) is 3.06. The van der Waals surface area contributed by atoms with Crippen molar-refractivity contribution < 1.29 is 9.72 Å². The third kappa shape index (κ3) is 1.27. The number of non-ortho nitro benzene ring substituents is 1. The molecule has 0 fully saturated rings. The molecule has 0 radical (unpaired) electrons. The average molecular weight is 240 g/mol. The van der Waals surface area contributed by atoms with Gasteiger partial charge in [-0.05, 0) is 24.6 Å². The van der Waals surface area contributed by atoms with E-state index < -0.39 is 4.92 Å². The van der Waals surface area contributed by atoms with E-state index in [1.807, 2.05) is 0 Å². The van der Waals surface area contributed by atoms with Crippen molar-refractivity contribution in [3.05, 3.63) is 57.3 Å². The molecule has 0 saturated heterocycles. The molecule has 1 aliphatic rings. The van der Waals surface area contributed by atoms with Crippen LogP contribution in [0, 0.1) is 17.0 Å². The summed E-state index contributed by atoms with van der Waals surface area (Å²) in [6.45, 7) is 1.75. The van der Waals surface area contributed by atoms with Gasteiger partial charge in [-0.15, -0.1) is 0 Å². The van der Waals surface area contributed by atoms with Gasteiger partial charge >= 0.3 is 0 Å². The number of fused-ring (bicyclic) bond motifs is 3. The molecular formula is C13H8N2O3. The number of nitrogens with zero attached hydrogens (tertiary/aromatic N) is 2. The first-order valence-electron chi connectivity index (χ1n) is 5.38. The van der Waals surface area contributed by atoms with Crippen LogP contribution in [0.25, 0.3) is 11.3 Å². The lowest BCUT2D eigenvalue weighted by molar-refractivity contribution is -0.384. The summed E-state index contributed by atoms with van der Waals surface area (Å²) < 4.78 is 0. The number of carbonyl (C=O) groups excluding carboxylic acids is 1. The van der Waals surface area contributed by atoms with E-state index in [2.05, 4.69) is 4.98 Å². The zero-order valence-corrected chi connectivity index (χ0v) is 9.51. The second-order valence-corrected chi connectivity index (χ2v) is 4.17. The molecule has 0 unspecified atom stereocenters. The van der Waals surface area contributed by atoms with Gasteiger partial charge in [0.15, 0.2) is 5.78 Å². The average Bonchev–Trinajstić information content (AvgIpc) is 2.64. The minimum absolute atomic E-state index is 0.0626. The first-order chi connectivity index (χ1) is 8.59. The molecule has 1 heterocycles. The number of aromatic nitrogens is 1. The van der Waals surface area contributed by atoms with Gasteiger partial charge in [-0.25, -0.2) is 0 Å². The Kier molecular flexibility index (Phi) is 2.04. The smallest absolute Gasteiger partial charge is 0.270 e. The largest absolute Gasteiger partial charge is 0.288 e. The van der Waals surface area contributed by atoms with Crippen molar-refractivity contribution >= 4 is 11.5 Å². The molecule has 1 aliphatic carbocycles. The summed E-state index contributed by atoms with van der Waals surface area (Å²) in [5.41, 5.74) is 2.84. The van der Waals surface area contributed by atoms with Gasteiger partial charge in [0.1, 0.15) is 0 Å². The molecule has 0 spiro atoms. The van der Waals surface area contributed by atoms with Crippen molar-refractivity contribution in [1.29, 1.82) is 0 Å². The second kappa shape index (κ2) is 3.46. The highest BCUT2D eigenvalue weighted by atomic mass is 16.6. The molecule has 0 aliphatic heterocycles. The van der Waals surface area contributed by atoms with Crippen molar-refractivity contribution in [2.75, 3.05) is 0 Å². The molecule has 1 aromatic heterocycles. The number of aryl methyl sites for hydroxylation is 1. The minimum atomic E-state index is -0.489. The highest BCUT2D eigenvalue weighted by molar-refractivity contribution is 6.21. The van der Waals surface area contributed by atoms with Crippen LogP contribution in [-0.4, -0.2) is 15.7 Å². The summed E-state index contributed by atoms with van der Waals surface area (Å²) in [7, 11) is 0. The van der Waals surface area contributed by atoms with E-state index in [1.165, 1.54) is 12.1 Å². The van der Waals surface area contributed by atoms with Gasteiger partial charge in [-0.1, -0.05) is 0 Å². The molecule has 2 aromatic rings. The quantitative estimate of drug-likeness (QED) is 0.484. The Balaban J connectivity index is 2.35. The molecule has 5 nitrogen and oxygen atoms in total. The molecule has 18 heavy (non-hydrogen) atoms. The molecule has 88 valence electrons. The maximum atomic E-state index is 12.2. The van der Waals surface area contributed by atoms with E-state index in [-0.39, 0.29) is 11.5 Å². The van der Waals surface area contributed by atoms with Crippen LogP contribution < -0.4 is 0 Å². The fourth-order valence-corrected chi connectivity index (χ4v) is 2.30. The number of benzene rings is 1. The zero-order valence-electron chi connectivity index (χ0n) is 9.51. The SMILES string of the molecule is Cc1cc([N+](=O)[O-])cc2c1-c1ncccc1C2=O. The summed E-state index contributed by atoms with van der Waals surface area (Å²) in [5.74, 6) is -0.195. The summed E-state index contributed by atoms with van der Waals surface area (Å²) >= 11 is 0. The predicted molar refractivity (Wildman–Crippen MR) is 64.5 cm³/mol. The zero-order chi connectivity index (χ0) is 12.9. The molecule has 0 bridgehead atoms. The first kappa shape index (κ1) is 10.6. The van der Waals surface area contributed by atoms with Crippen LogP contribution in [-0.2, 0) is 0 Å². The van der Waals surface area contributed by atoms with Crippen molar-refractivity contribution in [2.24, 2.45) is 0 Å². The molecule has 1 aromatic carbocycles. The number of ketones is 1. The summed E-state index contributed by atoms with van der Waals surface area (Å²) in [6.07, 6.45) is 1.61. The lowest BCUT2D eigenvalue weighted by atomic mass is 10.0. The molecule has 0 saturated carbocycles. The normalized spacial score (nSPS) is 12.2. The van der Waals surface area contributed by atoms with Gasteiger partial charge < -0.3 is 0 Å². The summed E-state index contributed by atoms with van der Waals surface area (Å²) in [6, 6.07) is 6.17. The Morgan fingerprint density at radius 1 is 1.28 bits per heavy atom. The van der Waals surface area contributed by atoms with Gasteiger partial charge in [0, 0.05) is 35.0 Å². The van der Waals surface area contributed by atoms with Crippen molar-refractivity contribution in [3.8, 4) is 11.3 Å². The monoisotopic (exact) mass is 240 g/mol. The number of pyridine rings is 1. The van der Waals surface area contributed by atoms with E-state index in [9.17, 15) is 14.9 Å². The van der Waals surface area contributed by atoms with Gasteiger partial charge in [0.2, 0.25) is 0 Å². The van der Waals surface area contributed by atoms with E-state index in [0.717, 1.165) is 0 Å². The summed E-state index contributed by atoms with van der Waals surface area (Å²) in [5, 5.41) is 10.8. The van der Waals surface area contributed by atoms with Crippen molar-refractivity contribution in [3.63, 3.8) is 0 Å². The van der Waals surface area contributed by atoms with Crippen molar-refractivity contribution in [1.82, 2.24) is 4.98 Å². The lowest BCUT2D eigenvalue weighted by Crippen LogP contribution is -1.97. The minimum Gasteiger partial charge on any atom is -0.288 e. The Morgan fingerprint density at radius 2 is 2.06 bits per heavy atom. The number of nitro benzene ring substituents is 1. The standard InChI is InChI=1S/C13H8N2O3/c1-7-5-8(15(17)18)6-10-11(7)12-9(13(10)16)3-2-4-14-12/h2-6H,1H3. The number of rotatable bonds is 1. The van der Waals surface area contributed by atoms with Gasteiger partial charge in [-0.2, -0.15) is 0 Å². The van der Waals surface area contributed by atoms with E-state index in [0.29, 0.717) is 27.9 Å². The van der Waals surface area contributed by atoms with Crippen LogP contribution in [0.4, 0.5) is 5.69 Å². The van der Waals surface area contributed by atoms with Crippen molar-refractivity contribution in [2.45, 2.75) is 6.92 Å². The number of nitro groups is 1. The fraction of sp³-hybridized carbons (Fsp3) is 0.0769. The summed E-state index contributed by atoms with van der Waals surface area (Å²) in [4.78, 5) is 26.7. The van der Waals surface area contributed by atoms with Gasteiger partial charge in [0.25, 0.3) is 5.69 Å². The highest BCUT2D eigenvalue weighted by Gasteiger charge is 2.31. The third-order valence-electron chi connectivity index (χ3n) is 3.06. The lowest BCUT2D eigenvalue weighted by Gasteiger charge is -2.03. The van der Waals surface area contributed by atoms with Crippen LogP contribution in [0.15, 0.2) is 30.5 Å². The van der Waals surface area contributed by atoms with E-state index in [1.54, 1.807) is 25.3 Å². The van der Waals surface area contributed by atoms with Gasteiger partial charge in [-0.3, -0.25) is 19.9 Å². The Bertz CT molecular complexity index is 707. The molecule has 5 heteroatoms. The Labute approximate surface area is 102 Å². The Hall–Kier alpha value is -2.56. The first-order valence-corrected chi connectivity index (χ1v) is 5.38. The molecule has 0 amide bonds. The topological polar surface area (TPSA) is 73.1 Å². The maximum Gasteiger partial charge on any atom is 0.270 e. The molecule has 3 rings (SSSR count). The molecule has 0 atom stereocenters. The van der Waals surface area contributed by atoms with Gasteiger partial charge in [0.05, 0.1) is 10.6 Å². The van der Waals surface area contributed by atoms with E-state index in [4.69, 9.17) is 0 Å². The van der Waals surface area contributed by atoms with Crippen LogP contribution in [0.1, 0.15) is 21.5 Å². The molecule has 0 N–H and O–H groups in total. The van der Waals surface area contributed by atoms with Crippen LogP contribution >= 0.6 is 0 Å². The number of hydrogen-bond donors (Lipinski definition) is 0. The van der Waals surface area contributed by atoms with Crippen LogP contribution in [0.5, 0.6) is 0 Å². The number of hydrogen-bond acceptors (Lipinski definition) is 4. The van der Waals surface area contributed by atoms with Crippen LogP contribution in [0.3, 0.4) is 0 Å². The fourth-order valence-electron chi connectivity index (χ4n) is 2.30. The molecular weight excluding hydrogens is 232 g/mol. The maximum absolute atomic E-state index is 12.2. The Morgan fingerprint density at radius 3 is 2.78 bits per heavy atom. The highest BCUT2D eigenvalue weighted by Crippen LogP contribution is 2.39. The van der Waals surface area contributed by atoms with Crippen LogP contribution in [0.2, 0.25) is 0 Å². The number of carbonyl (C=O) groups is 1. The second-order valence-electron chi connectivity index (χ2n) is 4.17.